The van der Waals surface area contributed by atoms with Crippen molar-refractivity contribution in [2.75, 3.05) is 6.54 Å². The lowest BCUT2D eigenvalue weighted by molar-refractivity contribution is 0.594. The Balaban J connectivity index is 2.59. The van der Waals surface area contributed by atoms with Crippen molar-refractivity contribution in [3.05, 3.63) is 67.9 Å². The SMILES string of the molecule is CCNC(c1cc(C)c(Cl)cc1C)c1cccc(F)c1Br. The van der Waals surface area contributed by atoms with Crippen LogP contribution in [-0.4, -0.2) is 6.54 Å². The first-order valence-corrected chi connectivity index (χ1v) is 8.06. The summed E-state index contributed by atoms with van der Waals surface area (Å²) < 4.78 is 14.3. The Morgan fingerprint density at radius 3 is 2.57 bits per heavy atom. The van der Waals surface area contributed by atoms with Crippen LogP contribution < -0.4 is 5.32 Å². The van der Waals surface area contributed by atoms with E-state index in [2.05, 4.69) is 27.3 Å². The van der Waals surface area contributed by atoms with Gasteiger partial charge >= 0.3 is 0 Å². The molecule has 2 aromatic carbocycles. The van der Waals surface area contributed by atoms with E-state index in [0.29, 0.717) is 4.47 Å². The lowest BCUT2D eigenvalue weighted by atomic mass is 9.93. The average molecular weight is 371 g/mol. The summed E-state index contributed by atoms with van der Waals surface area (Å²) in [5.41, 5.74) is 4.12. The molecule has 0 aliphatic rings. The van der Waals surface area contributed by atoms with E-state index in [1.54, 1.807) is 6.07 Å². The van der Waals surface area contributed by atoms with Crippen LogP contribution in [0.3, 0.4) is 0 Å². The monoisotopic (exact) mass is 369 g/mol. The summed E-state index contributed by atoms with van der Waals surface area (Å²) in [6.07, 6.45) is 0. The first-order chi connectivity index (χ1) is 9.95. The van der Waals surface area contributed by atoms with Gasteiger partial charge in [-0.05, 0) is 70.7 Å². The van der Waals surface area contributed by atoms with Crippen LogP contribution in [0, 0.1) is 19.7 Å². The van der Waals surface area contributed by atoms with Crippen LogP contribution in [0.15, 0.2) is 34.8 Å². The summed E-state index contributed by atoms with van der Waals surface area (Å²) in [6, 6.07) is 9.08. The standard InChI is InChI=1S/C17H18BrClFN/c1-4-21-17(12-6-5-7-15(20)16(12)18)13-8-11(3)14(19)9-10(13)2/h5-9,17,21H,4H2,1-3H3. The molecule has 2 aromatic rings. The number of hydrogen-bond donors (Lipinski definition) is 1. The lowest BCUT2D eigenvalue weighted by Crippen LogP contribution is -2.23. The number of nitrogens with one attached hydrogen (secondary N) is 1. The van der Waals surface area contributed by atoms with Crippen LogP contribution in [0.5, 0.6) is 0 Å². The molecule has 0 saturated carbocycles. The van der Waals surface area contributed by atoms with Gasteiger partial charge in [-0.1, -0.05) is 36.7 Å². The van der Waals surface area contributed by atoms with Gasteiger partial charge in [-0.15, -0.1) is 0 Å². The molecule has 1 atom stereocenters. The highest BCUT2D eigenvalue weighted by Gasteiger charge is 2.20. The zero-order valence-electron chi connectivity index (χ0n) is 12.3. The maximum atomic E-state index is 13.8. The zero-order chi connectivity index (χ0) is 15.6. The molecule has 21 heavy (non-hydrogen) atoms. The molecule has 0 fully saturated rings. The molecule has 0 aromatic heterocycles. The largest absolute Gasteiger partial charge is 0.306 e. The van der Waals surface area contributed by atoms with Crippen molar-refractivity contribution >= 4 is 27.5 Å². The molecule has 112 valence electrons. The van der Waals surface area contributed by atoms with E-state index < -0.39 is 0 Å². The van der Waals surface area contributed by atoms with Crippen molar-refractivity contribution in [2.45, 2.75) is 26.8 Å². The van der Waals surface area contributed by atoms with Gasteiger partial charge in [0.1, 0.15) is 5.82 Å². The summed E-state index contributed by atoms with van der Waals surface area (Å²) in [7, 11) is 0. The molecule has 0 heterocycles. The highest BCUT2D eigenvalue weighted by atomic mass is 79.9. The Kier molecular flexibility index (Phi) is 5.42. The number of rotatable bonds is 4. The fraction of sp³-hybridized carbons (Fsp3) is 0.294. The Morgan fingerprint density at radius 2 is 1.90 bits per heavy atom. The molecule has 0 spiro atoms. The molecule has 0 aliphatic heterocycles. The third kappa shape index (κ3) is 3.47. The summed E-state index contributed by atoms with van der Waals surface area (Å²) in [5.74, 6) is -0.251. The van der Waals surface area contributed by atoms with E-state index in [4.69, 9.17) is 11.6 Å². The highest BCUT2D eigenvalue weighted by molar-refractivity contribution is 9.10. The normalized spacial score (nSPS) is 12.5. The molecule has 0 radical (unpaired) electrons. The smallest absolute Gasteiger partial charge is 0.137 e. The second-order valence-corrected chi connectivity index (χ2v) is 6.29. The first-order valence-electron chi connectivity index (χ1n) is 6.89. The maximum absolute atomic E-state index is 13.8. The van der Waals surface area contributed by atoms with Gasteiger partial charge in [0.2, 0.25) is 0 Å². The molecule has 0 aliphatic carbocycles. The minimum Gasteiger partial charge on any atom is -0.306 e. The van der Waals surface area contributed by atoms with Crippen molar-refractivity contribution in [3.8, 4) is 0 Å². The van der Waals surface area contributed by atoms with Gasteiger partial charge in [0.25, 0.3) is 0 Å². The summed E-state index contributed by atoms with van der Waals surface area (Å²) in [6.45, 7) is 6.83. The Hall–Kier alpha value is -0.900. The molecule has 0 saturated heterocycles. The molecule has 0 amide bonds. The highest BCUT2D eigenvalue weighted by Crippen LogP contribution is 2.33. The summed E-state index contributed by atoms with van der Waals surface area (Å²) in [5, 5.41) is 4.19. The van der Waals surface area contributed by atoms with Crippen molar-refractivity contribution < 1.29 is 4.39 Å². The molecule has 4 heteroatoms. The van der Waals surface area contributed by atoms with Gasteiger partial charge in [-0.25, -0.2) is 4.39 Å². The quantitative estimate of drug-likeness (QED) is 0.743. The fourth-order valence-electron chi connectivity index (χ4n) is 2.45. The lowest BCUT2D eigenvalue weighted by Gasteiger charge is -2.23. The minimum atomic E-state index is -0.251. The van der Waals surface area contributed by atoms with Crippen molar-refractivity contribution in [1.29, 1.82) is 0 Å². The van der Waals surface area contributed by atoms with Gasteiger partial charge in [-0.3, -0.25) is 0 Å². The number of aryl methyl sites for hydroxylation is 2. The minimum absolute atomic E-state index is 0.0731. The van der Waals surface area contributed by atoms with Crippen molar-refractivity contribution in [2.24, 2.45) is 0 Å². The predicted molar refractivity (Wildman–Crippen MR) is 90.5 cm³/mol. The maximum Gasteiger partial charge on any atom is 0.137 e. The average Bonchev–Trinajstić information content (AvgIpc) is 2.44. The van der Waals surface area contributed by atoms with Crippen molar-refractivity contribution in [1.82, 2.24) is 5.32 Å². The third-order valence-electron chi connectivity index (χ3n) is 3.56. The van der Waals surface area contributed by atoms with Crippen LogP contribution in [0.25, 0.3) is 0 Å². The molecular weight excluding hydrogens is 353 g/mol. The second kappa shape index (κ2) is 6.91. The Bertz CT molecular complexity index is 657. The van der Waals surface area contributed by atoms with Gasteiger partial charge in [0.15, 0.2) is 0 Å². The van der Waals surface area contributed by atoms with E-state index in [9.17, 15) is 4.39 Å². The predicted octanol–water partition coefficient (Wildman–Crippen LogP) is 5.56. The van der Waals surface area contributed by atoms with E-state index in [0.717, 1.165) is 33.8 Å². The second-order valence-electron chi connectivity index (χ2n) is 5.09. The molecule has 2 rings (SSSR count). The van der Waals surface area contributed by atoms with Crippen LogP contribution >= 0.6 is 27.5 Å². The summed E-state index contributed by atoms with van der Waals surface area (Å²) in [4.78, 5) is 0. The van der Waals surface area contributed by atoms with Gasteiger partial charge < -0.3 is 5.32 Å². The summed E-state index contributed by atoms with van der Waals surface area (Å²) >= 11 is 9.55. The molecule has 1 unspecified atom stereocenters. The van der Waals surface area contributed by atoms with E-state index in [-0.39, 0.29) is 11.9 Å². The molecule has 0 bridgehead atoms. The first kappa shape index (κ1) is 16.5. The molecule has 1 N–H and O–H groups in total. The zero-order valence-corrected chi connectivity index (χ0v) is 14.6. The van der Waals surface area contributed by atoms with Gasteiger partial charge in [0.05, 0.1) is 10.5 Å². The Morgan fingerprint density at radius 1 is 1.19 bits per heavy atom. The van der Waals surface area contributed by atoms with E-state index in [1.165, 1.54) is 6.07 Å². The number of benzene rings is 2. The number of halogens is 3. The van der Waals surface area contributed by atoms with Gasteiger partial charge in [-0.2, -0.15) is 0 Å². The van der Waals surface area contributed by atoms with Crippen LogP contribution in [0.4, 0.5) is 4.39 Å². The third-order valence-corrected chi connectivity index (χ3v) is 4.80. The number of hydrogen-bond acceptors (Lipinski definition) is 1. The topological polar surface area (TPSA) is 12.0 Å². The fourth-order valence-corrected chi connectivity index (χ4v) is 3.16. The Labute approximate surface area is 138 Å². The van der Waals surface area contributed by atoms with E-state index >= 15 is 0 Å². The van der Waals surface area contributed by atoms with E-state index in [1.807, 2.05) is 32.9 Å². The van der Waals surface area contributed by atoms with Crippen LogP contribution in [0.1, 0.15) is 35.2 Å². The van der Waals surface area contributed by atoms with Gasteiger partial charge in [0, 0.05) is 5.02 Å². The molecule has 1 nitrogen and oxygen atoms in total. The van der Waals surface area contributed by atoms with Crippen LogP contribution in [-0.2, 0) is 0 Å². The van der Waals surface area contributed by atoms with Crippen LogP contribution in [0.2, 0.25) is 5.02 Å². The van der Waals surface area contributed by atoms with Crippen molar-refractivity contribution in [3.63, 3.8) is 0 Å². The molecular formula is C17H18BrClFN.